The zero-order valence-electron chi connectivity index (χ0n) is 13.6. The molecule has 0 bridgehead atoms. The molecular formula is C19H18N2O4. The number of phenols is 3. The summed E-state index contributed by atoms with van der Waals surface area (Å²) in [5.41, 5.74) is 4.75. The Hall–Kier alpha value is -3.15. The number of hydrogen-bond acceptors (Lipinski definition) is 4. The molecule has 2 aromatic carbocycles. The fraction of sp³-hybridized carbons (Fsp3) is 0.211. The van der Waals surface area contributed by atoms with Gasteiger partial charge in [0.25, 0.3) is 5.91 Å². The van der Waals surface area contributed by atoms with Crippen LogP contribution < -0.4 is 5.32 Å². The van der Waals surface area contributed by atoms with Crippen molar-refractivity contribution in [2.24, 2.45) is 0 Å². The van der Waals surface area contributed by atoms with E-state index in [1.165, 1.54) is 16.5 Å². The van der Waals surface area contributed by atoms with E-state index in [1.54, 1.807) is 0 Å². The highest BCUT2D eigenvalue weighted by Crippen LogP contribution is 2.35. The standard InChI is InChI=1S/C19H18N2O4/c1-9-2-3-14-12(4-9)13-7-11(8-15(13)21-14)20-19(25)10-5-16(22)18(24)17(23)6-10/h2-6,11,21-24H,7-8H2,1H3,(H,20,25). The number of hydrogen-bond donors (Lipinski definition) is 5. The number of aromatic nitrogens is 1. The first-order valence-electron chi connectivity index (χ1n) is 8.08. The van der Waals surface area contributed by atoms with Gasteiger partial charge in [-0.2, -0.15) is 0 Å². The third-order valence-electron chi connectivity index (χ3n) is 4.72. The summed E-state index contributed by atoms with van der Waals surface area (Å²) >= 11 is 0. The number of benzene rings is 2. The Morgan fingerprint density at radius 1 is 1.12 bits per heavy atom. The van der Waals surface area contributed by atoms with Gasteiger partial charge < -0.3 is 25.6 Å². The highest BCUT2D eigenvalue weighted by molar-refractivity contribution is 5.96. The van der Waals surface area contributed by atoms with Crippen molar-refractivity contribution in [1.82, 2.24) is 10.3 Å². The van der Waals surface area contributed by atoms with E-state index in [4.69, 9.17) is 0 Å². The van der Waals surface area contributed by atoms with Gasteiger partial charge in [0.1, 0.15) is 0 Å². The zero-order chi connectivity index (χ0) is 17.7. The van der Waals surface area contributed by atoms with E-state index in [1.807, 2.05) is 0 Å². The van der Waals surface area contributed by atoms with Gasteiger partial charge >= 0.3 is 0 Å². The van der Waals surface area contributed by atoms with E-state index in [9.17, 15) is 20.1 Å². The van der Waals surface area contributed by atoms with Crippen LogP contribution in [0.3, 0.4) is 0 Å². The Balaban J connectivity index is 1.54. The third-order valence-corrected chi connectivity index (χ3v) is 4.72. The van der Waals surface area contributed by atoms with Gasteiger partial charge in [0.15, 0.2) is 17.2 Å². The molecule has 0 saturated heterocycles. The summed E-state index contributed by atoms with van der Waals surface area (Å²) in [6.07, 6.45) is 1.42. The molecule has 6 heteroatoms. The number of amides is 1. The van der Waals surface area contributed by atoms with Gasteiger partial charge in [0, 0.05) is 34.6 Å². The van der Waals surface area contributed by atoms with Crippen molar-refractivity contribution in [3.63, 3.8) is 0 Å². The summed E-state index contributed by atoms with van der Waals surface area (Å²) < 4.78 is 0. The van der Waals surface area contributed by atoms with E-state index in [0.29, 0.717) is 6.42 Å². The molecule has 0 spiro atoms. The first kappa shape index (κ1) is 15.4. The molecular weight excluding hydrogens is 320 g/mol. The van der Waals surface area contributed by atoms with Crippen molar-refractivity contribution in [2.45, 2.75) is 25.8 Å². The average Bonchev–Trinajstić information content (AvgIpc) is 3.09. The summed E-state index contributed by atoms with van der Waals surface area (Å²) in [5.74, 6) is -2.08. The molecule has 6 nitrogen and oxygen atoms in total. The largest absolute Gasteiger partial charge is 0.504 e. The number of H-pyrrole nitrogens is 1. The lowest BCUT2D eigenvalue weighted by Crippen LogP contribution is -2.35. The molecule has 0 radical (unpaired) electrons. The van der Waals surface area contributed by atoms with Crippen LogP contribution in [0.5, 0.6) is 17.2 Å². The van der Waals surface area contributed by atoms with Gasteiger partial charge in [-0.3, -0.25) is 4.79 Å². The minimum Gasteiger partial charge on any atom is -0.504 e. The van der Waals surface area contributed by atoms with E-state index in [0.717, 1.165) is 29.8 Å². The van der Waals surface area contributed by atoms with Crippen LogP contribution in [0.2, 0.25) is 0 Å². The maximum absolute atomic E-state index is 12.4. The number of aromatic hydroxyl groups is 3. The van der Waals surface area contributed by atoms with Gasteiger partial charge in [-0.05, 0) is 43.2 Å². The molecule has 25 heavy (non-hydrogen) atoms. The third kappa shape index (κ3) is 2.55. The molecule has 0 saturated carbocycles. The van der Waals surface area contributed by atoms with Crippen LogP contribution in [0.4, 0.5) is 0 Å². The Bertz CT molecular complexity index is 983. The summed E-state index contributed by atoms with van der Waals surface area (Å²) in [7, 11) is 0. The van der Waals surface area contributed by atoms with E-state index >= 15 is 0 Å². The van der Waals surface area contributed by atoms with Gasteiger partial charge in [0.05, 0.1) is 0 Å². The Labute approximate surface area is 143 Å². The number of aryl methyl sites for hydroxylation is 1. The number of rotatable bonds is 2. The molecule has 1 amide bonds. The van der Waals surface area contributed by atoms with Crippen molar-refractivity contribution >= 4 is 16.8 Å². The zero-order valence-corrected chi connectivity index (χ0v) is 13.6. The molecule has 0 fully saturated rings. The van der Waals surface area contributed by atoms with Crippen LogP contribution >= 0.6 is 0 Å². The topological polar surface area (TPSA) is 106 Å². The monoisotopic (exact) mass is 338 g/mol. The second-order valence-electron chi connectivity index (χ2n) is 6.57. The summed E-state index contributed by atoms with van der Waals surface area (Å²) in [6.45, 7) is 2.05. The molecule has 128 valence electrons. The van der Waals surface area contributed by atoms with Crippen molar-refractivity contribution in [2.75, 3.05) is 0 Å². The van der Waals surface area contributed by atoms with Crippen LogP contribution in [0, 0.1) is 6.92 Å². The van der Waals surface area contributed by atoms with Gasteiger partial charge in [-0.25, -0.2) is 0 Å². The molecule has 1 unspecified atom stereocenters. The molecule has 1 aliphatic rings. The normalized spacial score (nSPS) is 16.1. The summed E-state index contributed by atoms with van der Waals surface area (Å²) in [4.78, 5) is 15.8. The lowest BCUT2D eigenvalue weighted by atomic mass is 10.1. The van der Waals surface area contributed by atoms with Crippen LogP contribution in [0.25, 0.3) is 10.9 Å². The Kier molecular flexibility index (Phi) is 3.35. The molecule has 5 N–H and O–H groups in total. The number of aromatic amines is 1. The second kappa shape index (κ2) is 5.44. The number of fused-ring (bicyclic) bond motifs is 3. The molecule has 3 aromatic rings. The summed E-state index contributed by atoms with van der Waals surface area (Å²) in [6, 6.07) is 8.49. The fourth-order valence-corrected chi connectivity index (χ4v) is 3.50. The van der Waals surface area contributed by atoms with E-state index in [2.05, 4.69) is 35.4 Å². The lowest BCUT2D eigenvalue weighted by Gasteiger charge is -2.13. The molecule has 1 heterocycles. The van der Waals surface area contributed by atoms with Crippen molar-refractivity contribution in [3.8, 4) is 17.2 Å². The first-order chi connectivity index (χ1) is 11.9. The van der Waals surface area contributed by atoms with Gasteiger partial charge in [0.2, 0.25) is 0 Å². The minimum absolute atomic E-state index is 0.0586. The van der Waals surface area contributed by atoms with Crippen LogP contribution in [0.15, 0.2) is 30.3 Å². The Morgan fingerprint density at radius 3 is 2.56 bits per heavy atom. The highest BCUT2D eigenvalue weighted by atomic mass is 16.3. The fourth-order valence-electron chi connectivity index (χ4n) is 3.50. The van der Waals surface area contributed by atoms with Crippen LogP contribution in [0.1, 0.15) is 27.2 Å². The number of nitrogens with one attached hydrogen (secondary N) is 2. The second-order valence-corrected chi connectivity index (χ2v) is 6.57. The molecule has 1 aliphatic carbocycles. The van der Waals surface area contributed by atoms with Crippen LogP contribution in [-0.2, 0) is 12.8 Å². The molecule has 1 atom stereocenters. The molecule has 1 aromatic heterocycles. The average molecular weight is 338 g/mol. The SMILES string of the molecule is Cc1ccc2[nH]c3c(c2c1)CC(NC(=O)c1cc(O)c(O)c(O)c1)C3. The van der Waals surface area contributed by atoms with Crippen molar-refractivity contribution in [3.05, 3.63) is 52.7 Å². The Morgan fingerprint density at radius 2 is 1.84 bits per heavy atom. The van der Waals surface area contributed by atoms with E-state index < -0.39 is 23.2 Å². The molecule has 4 rings (SSSR count). The number of carbonyl (C=O) groups is 1. The summed E-state index contributed by atoms with van der Waals surface area (Å²) in [5, 5.41) is 32.6. The maximum Gasteiger partial charge on any atom is 0.251 e. The van der Waals surface area contributed by atoms with E-state index in [-0.39, 0.29) is 11.6 Å². The van der Waals surface area contributed by atoms with Crippen molar-refractivity contribution in [1.29, 1.82) is 0 Å². The minimum atomic E-state index is -0.630. The number of phenolic OH excluding ortho intramolecular Hbond substituents is 3. The maximum atomic E-state index is 12.4. The lowest BCUT2D eigenvalue weighted by molar-refractivity contribution is 0.0937. The predicted molar refractivity (Wildman–Crippen MR) is 93.1 cm³/mol. The van der Waals surface area contributed by atoms with Gasteiger partial charge in [-0.15, -0.1) is 0 Å². The predicted octanol–water partition coefficient (Wildman–Crippen LogP) is 2.49. The number of carbonyl (C=O) groups excluding carboxylic acids is 1. The smallest absolute Gasteiger partial charge is 0.251 e. The first-order valence-corrected chi connectivity index (χ1v) is 8.08. The van der Waals surface area contributed by atoms with Gasteiger partial charge in [-0.1, -0.05) is 11.6 Å². The van der Waals surface area contributed by atoms with Crippen LogP contribution in [-0.4, -0.2) is 32.3 Å². The quantitative estimate of drug-likeness (QED) is 0.463. The highest BCUT2D eigenvalue weighted by Gasteiger charge is 2.27. The van der Waals surface area contributed by atoms with Crippen molar-refractivity contribution < 1.29 is 20.1 Å². The molecule has 0 aliphatic heterocycles.